The lowest BCUT2D eigenvalue weighted by Crippen LogP contribution is -2.40. The van der Waals surface area contributed by atoms with Crippen molar-refractivity contribution in [3.05, 3.63) is 155 Å². The predicted molar refractivity (Wildman–Crippen MR) is 190 cm³/mol. The fraction of sp³-hybridized carbons (Fsp3) is 0.205. The first kappa shape index (κ1) is 33.9. The van der Waals surface area contributed by atoms with Gasteiger partial charge in [-0.05, 0) is 65.4 Å². The minimum Gasteiger partial charge on any atom is -0.493 e. The molecule has 2 heterocycles. The highest BCUT2D eigenvalue weighted by atomic mass is 35.5. The third kappa shape index (κ3) is 7.09. The monoisotopic (exact) mass is 696 g/mol. The molecule has 1 atom stereocenters. The third-order valence-corrected chi connectivity index (χ3v) is 9.40. The number of aromatic nitrogens is 1. The molecule has 0 N–H and O–H groups in total. The standard InChI is InChI=1S/C39H34ClFN2O5S/c1-5-47-38(45)33-34(27-9-7-6-8-10-27)42-39-43(35(33)28-15-13-26(14-16-28)23(2)3)37(44)32(49-39)21-25-19-30(40)36(31(20-25)46-4)48-22-24-11-17-29(41)18-12-24/h6-21,23,35H,5,22H2,1-4H3/b32-21-/t35-/m0/s1. The molecule has 0 saturated carbocycles. The van der Waals surface area contributed by atoms with Crippen LogP contribution in [0.4, 0.5) is 4.39 Å². The summed E-state index contributed by atoms with van der Waals surface area (Å²) in [7, 11) is 1.50. The van der Waals surface area contributed by atoms with Crippen LogP contribution in [0.3, 0.4) is 0 Å². The van der Waals surface area contributed by atoms with Crippen molar-refractivity contribution in [2.75, 3.05) is 13.7 Å². The van der Waals surface area contributed by atoms with E-state index in [4.69, 9.17) is 30.8 Å². The summed E-state index contributed by atoms with van der Waals surface area (Å²) in [4.78, 5) is 33.4. The van der Waals surface area contributed by atoms with E-state index in [1.165, 1.54) is 30.6 Å². The number of thiazole rings is 1. The van der Waals surface area contributed by atoms with Crippen LogP contribution in [0, 0.1) is 5.82 Å². The number of esters is 1. The van der Waals surface area contributed by atoms with E-state index in [0.29, 0.717) is 38.0 Å². The van der Waals surface area contributed by atoms with Crippen LogP contribution >= 0.6 is 22.9 Å². The SMILES string of the molecule is CCOC(=O)C1=C(c2ccccc2)N=c2s/c(=C\c3cc(Cl)c(OCc4ccc(F)cc4)c(OC)c3)c(=O)n2[C@H]1c1ccc(C(C)C)cc1. The molecule has 10 heteroatoms. The van der Waals surface area contributed by atoms with Gasteiger partial charge in [0.25, 0.3) is 5.56 Å². The number of halogens is 2. The van der Waals surface area contributed by atoms with E-state index in [1.54, 1.807) is 41.8 Å². The quantitative estimate of drug-likeness (QED) is 0.142. The van der Waals surface area contributed by atoms with Gasteiger partial charge in [0, 0.05) is 5.56 Å². The molecule has 0 unspecified atom stereocenters. The lowest BCUT2D eigenvalue weighted by atomic mass is 9.91. The molecule has 49 heavy (non-hydrogen) atoms. The summed E-state index contributed by atoms with van der Waals surface area (Å²) in [5.41, 5.74) is 4.42. The topological polar surface area (TPSA) is 79.1 Å². The molecule has 0 fully saturated rings. The first-order chi connectivity index (χ1) is 23.7. The predicted octanol–water partition coefficient (Wildman–Crippen LogP) is 7.44. The lowest BCUT2D eigenvalue weighted by Gasteiger charge is -2.26. The van der Waals surface area contributed by atoms with E-state index in [2.05, 4.69) is 13.8 Å². The normalized spacial score (nSPS) is 14.4. The van der Waals surface area contributed by atoms with Crippen LogP contribution in [0.15, 0.2) is 106 Å². The van der Waals surface area contributed by atoms with E-state index >= 15 is 0 Å². The van der Waals surface area contributed by atoms with E-state index < -0.39 is 12.0 Å². The van der Waals surface area contributed by atoms with Gasteiger partial charge in [-0.3, -0.25) is 9.36 Å². The van der Waals surface area contributed by atoms with Crippen LogP contribution in [0.5, 0.6) is 11.5 Å². The smallest absolute Gasteiger partial charge is 0.338 e. The molecule has 1 aliphatic rings. The number of methoxy groups -OCH3 is 1. The van der Waals surface area contributed by atoms with Crippen molar-refractivity contribution < 1.29 is 23.4 Å². The molecule has 0 amide bonds. The first-order valence-corrected chi connectivity index (χ1v) is 17.0. The van der Waals surface area contributed by atoms with Gasteiger partial charge in [-0.15, -0.1) is 0 Å². The number of hydrogen-bond acceptors (Lipinski definition) is 7. The average molecular weight is 697 g/mol. The van der Waals surface area contributed by atoms with Crippen LogP contribution in [-0.2, 0) is 16.1 Å². The summed E-state index contributed by atoms with van der Waals surface area (Å²) in [6.45, 7) is 6.29. The summed E-state index contributed by atoms with van der Waals surface area (Å²) < 4.78 is 32.4. The molecule has 4 aromatic carbocycles. The van der Waals surface area contributed by atoms with Crippen molar-refractivity contribution in [2.24, 2.45) is 4.99 Å². The molecular formula is C39H34ClFN2O5S. The molecule has 1 aromatic heterocycles. The van der Waals surface area contributed by atoms with E-state index in [9.17, 15) is 14.0 Å². The molecule has 1 aliphatic heterocycles. The Morgan fingerprint density at radius 1 is 1.04 bits per heavy atom. The lowest BCUT2D eigenvalue weighted by molar-refractivity contribution is -0.138. The molecule has 6 rings (SSSR count). The Morgan fingerprint density at radius 3 is 2.41 bits per heavy atom. The molecule has 5 aromatic rings. The van der Waals surface area contributed by atoms with Gasteiger partial charge in [-0.2, -0.15) is 0 Å². The number of nitrogens with zero attached hydrogens (tertiary/aromatic N) is 2. The number of carbonyl (C=O) groups is 1. The van der Waals surface area contributed by atoms with E-state index in [0.717, 1.165) is 22.3 Å². The zero-order valence-electron chi connectivity index (χ0n) is 27.4. The van der Waals surface area contributed by atoms with Gasteiger partial charge in [0.05, 0.1) is 40.6 Å². The Balaban J connectivity index is 1.49. The van der Waals surface area contributed by atoms with Crippen molar-refractivity contribution >= 4 is 40.7 Å². The second-order valence-electron chi connectivity index (χ2n) is 11.7. The zero-order chi connectivity index (χ0) is 34.7. The van der Waals surface area contributed by atoms with Gasteiger partial charge < -0.3 is 14.2 Å². The zero-order valence-corrected chi connectivity index (χ0v) is 29.0. The molecule has 0 bridgehead atoms. The summed E-state index contributed by atoms with van der Waals surface area (Å²) in [5, 5.41) is 0.277. The van der Waals surface area contributed by atoms with Crippen LogP contribution in [-0.4, -0.2) is 24.3 Å². The maximum absolute atomic E-state index is 14.3. The number of hydrogen-bond donors (Lipinski definition) is 0. The minimum atomic E-state index is -0.783. The van der Waals surface area contributed by atoms with Crippen LogP contribution in [0.2, 0.25) is 5.02 Å². The van der Waals surface area contributed by atoms with Gasteiger partial charge in [0.1, 0.15) is 12.4 Å². The fourth-order valence-electron chi connectivity index (χ4n) is 5.67. The van der Waals surface area contributed by atoms with Crippen molar-refractivity contribution in [3.8, 4) is 11.5 Å². The second kappa shape index (κ2) is 14.6. The second-order valence-corrected chi connectivity index (χ2v) is 13.1. The average Bonchev–Trinajstić information content (AvgIpc) is 3.41. The van der Waals surface area contributed by atoms with Gasteiger partial charge >= 0.3 is 5.97 Å². The fourth-order valence-corrected chi connectivity index (χ4v) is 6.94. The highest BCUT2D eigenvalue weighted by molar-refractivity contribution is 7.07. The van der Waals surface area contributed by atoms with E-state index in [-0.39, 0.29) is 35.2 Å². The molecule has 7 nitrogen and oxygen atoms in total. The van der Waals surface area contributed by atoms with Gasteiger partial charge in [-0.1, -0.05) is 104 Å². The molecule has 0 aliphatic carbocycles. The molecule has 250 valence electrons. The van der Waals surface area contributed by atoms with Gasteiger partial charge in [0.15, 0.2) is 16.3 Å². The summed E-state index contributed by atoms with van der Waals surface area (Å²) >= 11 is 7.90. The van der Waals surface area contributed by atoms with Crippen molar-refractivity contribution in [3.63, 3.8) is 0 Å². The Hall–Kier alpha value is -4.99. The first-order valence-electron chi connectivity index (χ1n) is 15.8. The minimum absolute atomic E-state index is 0.152. The van der Waals surface area contributed by atoms with Crippen molar-refractivity contribution in [1.29, 1.82) is 0 Å². The van der Waals surface area contributed by atoms with Gasteiger partial charge in [-0.25, -0.2) is 14.2 Å². The number of carbonyl (C=O) groups excluding carboxylic acids is 1. The number of rotatable bonds is 10. The molecular weight excluding hydrogens is 663 g/mol. The highest BCUT2D eigenvalue weighted by Crippen LogP contribution is 2.38. The van der Waals surface area contributed by atoms with Crippen molar-refractivity contribution in [2.45, 2.75) is 39.3 Å². The Bertz CT molecular complexity index is 2210. The summed E-state index contributed by atoms with van der Waals surface area (Å²) in [5.74, 6) is 0.124. The van der Waals surface area contributed by atoms with E-state index in [1.807, 2.05) is 54.6 Å². The highest BCUT2D eigenvalue weighted by Gasteiger charge is 2.35. The number of benzene rings is 4. The number of ether oxygens (including phenoxy) is 3. The Kier molecular flexibility index (Phi) is 10.1. The molecule has 0 spiro atoms. The summed E-state index contributed by atoms with van der Waals surface area (Å²) in [6.07, 6.45) is 1.72. The van der Waals surface area contributed by atoms with Gasteiger partial charge in [0.2, 0.25) is 0 Å². The van der Waals surface area contributed by atoms with Crippen molar-refractivity contribution in [1.82, 2.24) is 4.57 Å². The largest absolute Gasteiger partial charge is 0.493 e. The third-order valence-electron chi connectivity index (χ3n) is 8.14. The number of fused-ring (bicyclic) bond motifs is 1. The van der Waals surface area contributed by atoms with Crippen LogP contribution in [0.1, 0.15) is 60.5 Å². The van der Waals surface area contributed by atoms with Crippen LogP contribution < -0.4 is 24.4 Å². The molecule has 0 saturated heterocycles. The summed E-state index contributed by atoms with van der Waals surface area (Å²) in [6, 6.07) is 26.0. The Morgan fingerprint density at radius 2 is 1.76 bits per heavy atom. The maximum Gasteiger partial charge on any atom is 0.338 e. The van der Waals surface area contributed by atoms with Crippen LogP contribution in [0.25, 0.3) is 11.8 Å². The molecule has 0 radical (unpaired) electrons. The maximum atomic E-state index is 14.3. The Labute approximate surface area is 292 Å².